The number of carbonyl (C=O) groups excluding carboxylic acids is 1. The molecule has 0 radical (unpaired) electrons. The normalized spacial score (nSPS) is 24.7. The van der Waals surface area contributed by atoms with Gasteiger partial charge in [0.2, 0.25) is 5.91 Å². The molecule has 3 atom stereocenters. The highest BCUT2D eigenvalue weighted by molar-refractivity contribution is 6.30. The van der Waals surface area contributed by atoms with Gasteiger partial charge in [-0.1, -0.05) is 11.6 Å². The van der Waals surface area contributed by atoms with E-state index in [0.29, 0.717) is 37.2 Å². The molecule has 0 aliphatic carbocycles. The zero-order chi connectivity index (χ0) is 18.1. The summed E-state index contributed by atoms with van der Waals surface area (Å²) in [6.45, 7) is 4.71. The van der Waals surface area contributed by atoms with E-state index in [4.69, 9.17) is 21.1 Å². The Bertz CT molecular complexity index is 779. The molecule has 0 spiro atoms. The largest absolute Gasteiger partial charge is 0.492 e. The average Bonchev–Trinajstić information content (AvgIpc) is 3.31. The van der Waals surface area contributed by atoms with Gasteiger partial charge < -0.3 is 14.4 Å². The van der Waals surface area contributed by atoms with Crippen molar-refractivity contribution in [1.29, 1.82) is 0 Å². The lowest BCUT2D eigenvalue weighted by molar-refractivity contribution is -0.131. The van der Waals surface area contributed by atoms with Crippen molar-refractivity contribution in [3.63, 3.8) is 0 Å². The first kappa shape index (κ1) is 17.3. The van der Waals surface area contributed by atoms with E-state index < -0.39 is 0 Å². The number of carbonyl (C=O) groups is 1. The summed E-state index contributed by atoms with van der Waals surface area (Å²) in [6.07, 6.45) is 5.01. The first-order valence-electron chi connectivity index (χ1n) is 8.71. The van der Waals surface area contributed by atoms with Crippen molar-refractivity contribution in [2.45, 2.75) is 19.6 Å². The van der Waals surface area contributed by atoms with E-state index in [9.17, 15) is 4.79 Å². The number of hydrogen-bond acceptors (Lipinski definition) is 5. The van der Waals surface area contributed by atoms with Gasteiger partial charge in [-0.3, -0.25) is 14.5 Å². The molecule has 2 saturated heterocycles. The Hall–Kier alpha value is -2.12. The molecule has 4 rings (SSSR count). The number of likely N-dealkylation sites (tertiary alicyclic amines) is 1. The Morgan fingerprint density at radius 1 is 1.38 bits per heavy atom. The summed E-state index contributed by atoms with van der Waals surface area (Å²) in [5.74, 6) is 1.38. The van der Waals surface area contributed by atoms with Gasteiger partial charge in [-0.2, -0.15) is 5.10 Å². The van der Waals surface area contributed by atoms with Gasteiger partial charge in [0, 0.05) is 36.8 Å². The second-order valence-corrected chi connectivity index (χ2v) is 7.33. The molecule has 2 aliphatic rings. The fourth-order valence-electron chi connectivity index (χ4n) is 3.58. The van der Waals surface area contributed by atoms with Crippen molar-refractivity contribution >= 4 is 17.5 Å². The van der Waals surface area contributed by atoms with E-state index in [1.54, 1.807) is 17.1 Å². The fraction of sp³-hybridized carbons (Fsp3) is 0.500. The third-order valence-electron chi connectivity index (χ3n) is 5.04. The van der Waals surface area contributed by atoms with Crippen LogP contribution in [0, 0.1) is 18.8 Å². The van der Waals surface area contributed by atoms with Gasteiger partial charge in [0.05, 0.1) is 36.7 Å². The average molecular weight is 377 g/mol. The molecule has 0 aromatic carbocycles. The van der Waals surface area contributed by atoms with Crippen molar-refractivity contribution in [1.82, 2.24) is 19.7 Å². The van der Waals surface area contributed by atoms with Crippen molar-refractivity contribution < 1.29 is 14.3 Å². The molecule has 2 fully saturated rings. The standard InChI is InChI=1S/C18H21ClN4O3/c1-12-2-3-15(5-20-12)25-10-13-11-26-17-8-22(7-16(13)17)18(24)9-23-6-14(19)4-21-23/h2-6,13,16-17H,7-11H2,1H3/t13-,16+,17+/m0/s1. The highest BCUT2D eigenvalue weighted by Gasteiger charge is 2.45. The van der Waals surface area contributed by atoms with Gasteiger partial charge in [0.15, 0.2) is 0 Å². The number of fused-ring (bicyclic) bond motifs is 1. The van der Waals surface area contributed by atoms with Crippen LogP contribution in [0.5, 0.6) is 5.75 Å². The van der Waals surface area contributed by atoms with Gasteiger partial charge >= 0.3 is 0 Å². The predicted molar refractivity (Wildman–Crippen MR) is 95.0 cm³/mol. The molecule has 138 valence electrons. The summed E-state index contributed by atoms with van der Waals surface area (Å²) >= 11 is 5.85. The monoisotopic (exact) mass is 376 g/mol. The van der Waals surface area contributed by atoms with E-state index in [1.165, 1.54) is 6.20 Å². The lowest BCUT2D eigenvalue weighted by atomic mass is 9.94. The maximum atomic E-state index is 12.5. The third kappa shape index (κ3) is 3.68. The molecule has 4 heterocycles. The number of halogens is 1. The van der Waals surface area contributed by atoms with Crippen molar-refractivity contribution in [2.75, 3.05) is 26.3 Å². The molecule has 7 nitrogen and oxygen atoms in total. The molecule has 2 aliphatic heterocycles. The fourth-order valence-corrected chi connectivity index (χ4v) is 3.74. The van der Waals surface area contributed by atoms with Gasteiger partial charge in [0.25, 0.3) is 0 Å². The Kier molecular flexibility index (Phi) is 4.82. The summed E-state index contributed by atoms with van der Waals surface area (Å²) < 4.78 is 13.3. The predicted octanol–water partition coefficient (Wildman–Crippen LogP) is 1.79. The first-order chi connectivity index (χ1) is 12.6. The molecule has 0 unspecified atom stereocenters. The maximum absolute atomic E-state index is 12.5. The number of nitrogens with zero attached hydrogens (tertiary/aromatic N) is 4. The van der Waals surface area contributed by atoms with Crippen LogP contribution < -0.4 is 4.74 Å². The zero-order valence-corrected chi connectivity index (χ0v) is 15.3. The highest BCUT2D eigenvalue weighted by Crippen LogP contribution is 2.34. The topological polar surface area (TPSA) is 69.5 Å². The Balaban J connectivity index is 1.31. The van der Waals surface area contributed by atoms with Crippen LogP contribution in [0.15, 0.2) is 30.7 Å². The molecule has 0 saturated carbocycles. The van der Waals surface area contributed by atoms with Crippen LogP contribution in [0.2, 0.25) is 5.02 Å². The molecule has 8 heteroatoms. The number of ether oxygens (including phenoxy) is 2. The van der Waals surface area contributed by atoms with Crippen molar-refractivity contribution in [2.24, 2.45) is 11.8 Å². The highest BCUT2D eigenvalue weighted by atomic mass is 35.5. The maximum Gasteiger partial charge on any atom is 0.244 e. The number of rotatable bonds is 5. The Morgan fingerprint density at radius 3 is 3.00 bits per heavy atom. The van der Waals surface area contributed by atoms with Crippen LogP contribution in [0.3, 0.4) is 0 Å². The van der Waals surface area contributed by atoms with E-state index in [1.807, 2.05) is 24.0 Å². The third-order valence-corrected chi connectivity index (χ3v) is 5.23. The van der Waals surface area contributed by atoms with Gasteiger partial charge in [-0.05, 0) is 19.1 Å². The minimum atomic E-state index is 0.0326. The number of amides is 1. The number of pyridine rings is 1. The van der Waals surface area contributed by atoms with E-state index >= 15 is 0 Å². The summed E-state index contributed by atoms with van der Waals surface area (Å²) in [7, 11) is 0. The summed E-state index contributed by atoms with van der Waals surface area (Å²) in [4.78, 5) is 18.6. The minimum absolute atomic E-state index is 0.0326. The minimum Gasteiger partial charge on any atom is -0.492 e. The Labute approximate surface area is 156 Å². The molecule has 2 aromatic rings. The van der Waals surface area contributed by atoms with Crippen molar-refractivity contribution in [3.8, 4) is 5.75 Å². The SMILES string of the molecule is Cc1ccc(OC[C@H]2CO[C@@H]3CN(C(=O)Cn4cc(Cl)cn4)C[C@H]23)cn1. The number of aromatic nitrogens is 3. The summed E-state index contributed by atoms with van der Waals surface area (Å²) in [5, 5.41) is 4.59. The molecule has 26 heavy (non-hydrogen) atoms. The number of aryl methyl sites for hydroxylation is 1. The molecule has 0 bridgehead atoms. The van der Waals surface area contributed by atoms with Crippen molar-refractivity contribution in [3.05, 3.63) is 41.4 Å². The Morgan fingerprint density at radius 2 is 2.27 bits per heavy atom. The molecule has 2 aromatic heterocycles. The smallest absolute Gasteiger partial charge is 0.244 e. The van der Waals surface area contributed by atoms with Gasteiger partial charge in [0.1, 0.15) is 12.3 Å². The molecular weight excluding hydrogens is 356 g/mol. The summed E-state index contributed by atoms with van der Waals surface area (Å²) in [6, 6.07) is 3.86. The van der Waals surface area contributed by atoms with Crippen LogP contribution in [-0.2, 0) is 16.1 Å². The van der Waals surface area contributed by atoms with Crippen LogP contribution in [0.25, 0.3) is 0 Å². The van der Waals surface area contributed by atoms with E-state index in [2.05, 4.69) is 10.1 Å². The van der Waals surface area contributed by atoms with E-state index in [0.717, 1.165) is 11.4 Å². The second-order valence-electron chi connectivity index (χ2n) is 6.90. The quantitative estimate of drug-likeness (QED) is 0.795. The molecular formula is C18H21ClN4O3. The van der Waals surface area contributed by atoms with Crippen LogP contribution in [0.1, 0.15) is 5.69 Å². The molecule has 1 amide bonds. The lowest BCUT2D eigenvalue weighted by Crippen LogP contribution is -2.34. The van der Waals surface area contributed by atoms with E-state index in [-0.39, 0.29) is 24.5 Å². The van der Waals surface area contributed by atoms with Crippen LogP contribution >= 0.6 is 11.6 Å². The lowest BCUT2D eigenvalue weighted by Gasteiger charge is -2.20. The summed E-state index contributed by atoms with van der Waals surface area (Å²) in [5.41, 5.74) is 0.963. The zero-order valence-electron chi connectivity index (χ0n) is 14.5. The number of hydrogen-bond donors (Lipinski definition) is 0. The van der Waals surface area contributed by atoms with Gasteiger partial charge in [-0.15, -0.1) is 0 Å². The van der Waals surface area contributed by atoms with Gasteiger partial charge in [-0.25, -0.2) is 0 Å². The molecule has 0 N–H and O–H groups in total. The first-order valence-corrected chi connectivity index (χ1v) is 9.09. The van der Waals surface area contributed by atoms with Crippen LogP contribution in [0.4, 0.5) is 0 Å². The van der Waals surface area contributed by atoms with Crippen LogP contribution in [-0.4, -0.2) is 58.0 Å². The second kappa shape index (κ2) is 7.25.